The van der Waals surface area contributed by atoms with E-state index in [4.69, 9.17) is 6.57 Å². The first-order valence-electron chi connectivity index (χ1n) is 8.22. The zero-order valence-electron chi connectivity index (χ0n) is 14.5. The Morgan fingerprint density at radius 2 is 1.91 bits per heavy atom. The average Bonchev–Trinajstić information content (AvgIpc) is 2.45. The summed E-state index contributed by atoms with van der Waals surface area (Å²) >= 11 is 0. The summed E-state index contributed by atoms with van der Waals surface area (Å²) in [4.78, 5) is 16.1. The second kappa shape index (κ2) is 6.09. The zero-order chi connectivity index (χ0) is 16.3. The smallest absolute Gasteiger partial charge is 0.226 e. The first-order chi connectivity index (χ1) is 10.2. The van der Waals surface area contributed by atoms with Crippen LogP contribution in [-0.4, -0.2) is 17.0 Å². The Kier molecular flexibility index (Phi) is 5.13. The molecule has 0 heterocycles. The Bertz CT molecular complexity index is 642. The predicted molar refractivity (Wildman–Crippen MR) is 85.7 cm³/mol. The molecule has 0 spiro atoms. The van der Waals surface area contributed by atoms with Crippen LogP contribution < -0.4 is 0 Å². The van der Waals surface area contributed by atoms with Crippen LogP contribution in [0.2, 0.25) is 0 Å². The van der Waals surface area contributed by atoms with Crippen molar-refractivity contribution in [3.05, 3.63) is 34.8 Å². The van der Waals surface area contributed by atoms with Gasteiger partial charge in [0.25, 0.3) is 0 Å². The molecule has 3 nitrogen and oxygen atoms in total. The van der Waals surface area contributed by atoms with Gasteiger partial charge in [0.2, 0.25) is 5.70 Å². The summed E-state index contributed by atoms with van der Waals surface area (Å²) in [6.07, 6.45) is 7.37. The van der Waals surface area contributed by atoms with Crippen LogP contribution in [0.25, 0.3) is 4.85 Å². The Labute approximate surface area is 175 Å². The summed E-state index contributed by atoms with van der Waals surface area (Å²) in [7, 11) is 0. The van der Waals surface area contributed by atoms with Gasteiger partial charge in [-0.15, -0.1) is 0 Å². The van der Waals surface area contributed by atoms with Gasteiger partial charge in [-0.2, -0.15) is 0 Å². The molecule has 23 heavy (non-hydrogen) atoms. The summed E-state index contributed by atoms with van der Waals surface area (Å²) in [5.74, 6) is 0.174. The number of aliphatic hydroxyl groups excluding tert-OH is 1. The van der Waals surface area contributed by atoms with Crippen molar-refractivity contribution in [3.63, 3.8) is 0 Å². The molecule has 0 aromatic carbocycles. The standard InChI is InChI=1S/C19H25NO2.Ac/c1-17(2)13-9-10-18(3)14(7-6-8-15(18)21)19(13,4)11-12(20-5)16(17)22;/h7,11,13,15,21H,6,8-10H2,1-4H3;/t13-,15+,18+,19-;/m0./s1. The number of carbonyl (C=O) groups excluding carboxylic acids is 1. The largest absolute Gasteiger partial charge is 0.392 e. The third kappa shape index (κ3) is 2.54. The van der Waals surface area contributed by atoms with Crippen molar-refractivity contribution >= 4 is 5.78 Å². The van der Waals surface area contributed by atoms with E-state index in [9.17, 15) is 9.90 Å². The number of Topliss-reactive ketones (excluding diaryl/α,β-unsaturated/α-hetero) is 1. The van der Waals surface area contributed by atoms with Crippen molar-refractivity contribution in [2.24, 2.45) is 22.2 Å². The van der Waals surface area contributed by atoms with Crippen LogP contribution >= 0.6 is 0 Å². The Morgan fingerprint density at radius 1 is 1.26 bits per heavy atom. The van der Waals surface area contributed by atoms with Crippen LogP contribution in [-0.2, 0) is 4.79 Å². The van der Waals surface area contributed by atoms with Crippen molar-refractivity contribution in [2.45, 2.75) is 59.5 Å². The summed E-state index contributed by atoms with van der Waals surface area (Å²) in [6, 6.07) is 0. The van der Waals surface area contributed by atoms with Crippen LogP contribution in [0, 0.1) is 72.8 Å². The molecule has 0 aliphatic heterocycles. The molecule has 121 valence electrons. The number of ketones is 1. The van der Waals surface area contributed by atoms with E-state index in [1.807, 2.05) is 19.9 Å². The molecule has 1 saturated carbocycles. The fraction of sp³-hybridized carbons (Fsp3) is 0.684. The van der Waals surface area contributed by atoms with Crippen LogP contribution in [0.3, 0.4) is 0 Å². The average molecular weight is 526 g/mol. The molecule has 3 aliphatic carbocycles. The van der Waals surface area contributed by atoms with Crippen LogP contribution in [0.1, 0.15) is 53.4 Å². The van der Waals surface area contributed by atoms with Crippen molar-refractivity contribution in [1.29, 1.82) is 0 Å². The number of aliphatic hydroxyl groups is 1. The predicted octanol–water partition coefficient (Wildman–Crippen LogP) is 3.90. The molecule has 0 unspecified atom stereocenters. The number of allylic oxidation sites excluding steroid dienone is 3. The minimum atomic E-state index is -0.520. The molecule has 0 aromatic rings. The zero-order valence-corrected chi connectivity index (χ0v) is 19.3. The van der Waals surface area contributed by atoms with E-state index in [0.717, 1.165) is 25.7 Å². The van der Waals surface area contributed by atoms with Crippen molar-refractivity contribution in [1.82, 2.24) is 0 Å². The molecular weight excluding hydrogens is 501 g/mol. The van der Waals surface area contributed by atoms with E-state index in [1.54, 1.807) is 0 Å². The van der Waals surface area contributed by atoms with Crippen molar-refractivity contribution in [2.75, 3.05) is 0 Å². The molecule has 3 rings (SSSR count). The topological polar surface area (TPSA) is 41.7 Å². The van der Waals surface area contributed by atoms with Crippen LogP contribution in [0.4, 0.5) is 0 Å². The maximum absolute atomic E-state index is 12.6. The van der Waals surface area contributed by atoms with Gasteiger partial charge in [0.05, 0.1) is 12.7 Å². The van der Waals surface area contributed by atoms with Crippen LogP contribution in [0.5, 0.6) is 0 Å². The summed E-state index contributed by atoms with van der Waals surface area (Å²) in [6.45, 7) is 15.7. The molecule has 0 aromatic heterocycles. The number of carbonyl (C=O) groups is 1. The van der Waals surface area contributed by atoms with Crippen molar-refractivity contribution < 1.29 is 54.0 Å². The number of fused-ring (bicyclic) bond motifs is 3. The maximum Gasteiger partial charge on any atom is 0.226 e. The van der Waals surface area contributed by atoms with Gasteiger partial charge in [-0.3, -0.25) is 0 Å². The first kappa shape index (κ1) is 19.4. The molecule has 4 atom stereocenters. The number of rotatable bonds is 0. The van der Waals surface area contributed by atoms with E-state index in [-0.39, 0.29) is 78.4 Å². The molecular formula is C19H25AcNO2. The number of hydrogen-bond donors (Lipinski definition) is 1. The Morgan fingerprint density at radius 3 is 2.52 bits per heavy atom. The van der Waals surface area contributed by atoms with E-state index < -0.39 is 5.41 Å². The normalized spacial score (nSPS) is 41.5. The van der Waals surface area contributed by atoms with E-state index in [2.05, 4.69) is 24.8 Å². The van der Waals surface area contributed by atoms with Crippen LogP contribution in [0.15, 0.2) is 23.4 Å². The van der Waals surface area contributed by atoms with Gasteiger partial charge in [0.1, 0.15) is 0 Å². The maximum atomic E-state index is 12.6. The van der Waals surface area contributed by atoms with Crippen molar-refractivity contribution in [3.8, 4) is 0 Å². The Hall–Kier alpha value is 0.0416. The van der Waals surface area contributed by atoms with Gasteiger partial charge in [-0.25, -0.2) is 4.85 Å². The van der Waals surface area contributed by atoms with E-state index >= 15 is 0 Å². The molecule has 0 saturated heterocycles. The third-order valence-electron chi connectivity index (χ3n) is 6.64. The second-order valence-corrected chi connectivity index (χ2v) is 8.19. The molecule has 3 aliphatic rings. The SMILES string of the molecule is [Ac].[C-]#[N+]C1=C[C@]2(C)C3=CCC[C@@H](O)[C@]3(C)CC[C@H]2C(C)(C)C1=O. The number of nitrogens with zero attached hydrogens (tertiary/aromatic N) is 1. The minimum Gasteiger partial charge on any atom is -0.392 e. The summed E-state index contributed by atoms with van der Waals surface area (Å²) in [5, 5.41) is 10.6. The molecule has 4 heteroatoms. The minimum absolute atomic E-state index is 0. The fourth-order valence-electron chi connectivity index (χ4n) is 5.39. The third-order valence-corrected chi connectivity index (χ3v) is 6.64. The van der Waals surface area contributed by atoms with Gasteiger partial charge in [0, 0.05) is 60.3 Å². The quantitative estimate of drug-likeness (QED) is 0.385. The monoisotopic (exact) mass is 526 g/mol. The van der Waals surface area contributed by atoms with Gasteiger partial charge in [0.15, 0.2) is 5.78 Å². The summed E-state index contributed by atoms with van der Waals surface area (Å²) < 4.78 is 0. The number of hydrogen-bond acceptors (Lipinski definition) is 2. The molecule has 0 amide bonds. The first-order valence-corrected chi connectivity index (χ1v) is 8.22. The van der Waals surface area contributed by atoms with Gasteiger partial charge < -0.3 is 9.90 Å². The second-order valence-electron chi connectivity index (χ2n) is 8.19. The van der Waals surface area contributed by atoms with E-state index in [0.29, 0.717) is 0 Å². The van der Waals surface area contributed by atoms with E-state index in [1.165, 1.54) is 5.57 Å². The van der Waals surface area contributed by atoms with Gasteiger partial charge in [-0.1, -0.05) is 45.4 Å². The molecule has 1 N–H and O–H groups in total. The summed E-state index contributed by atoms with van der Waals surface area (Å²) in [5.41, 5.74) is 0.481. The molecule has 0 bridgehead atoms. The molecule has 1 fully saturated rings. The van der Waals surface area contributed by atoms with Gasteiger partial charge >= 0.3 is 0 Å². The fourth-order valence-corrected chi connectivity index (χ4v) is 5.39. The molecule has 1 radical (unpaired) electrons. The Balaban J connectivity index is 0.00000192. The van der Waals surface area contributed by atoms with Gasteiger partial charge in [-0.05, 0) is 31.6 Å².